The Balaban J connectivity index is 2.29. The number of nitrogens with one attached hydrogen (secondary N) is 1. The SMILES string of the molecule is CC1(Cn2c(N)cc(=O)[nH]c2=O)CCOCC1. The van der Waals surface area contributed by atoms with E-state index in [9.17, 15) is 9.59 Å². The molecule has 2 rings (SSSR count). The lowest BCUT2D eigenvalue weighted by Crippen LogP contribution is -2.38. The monoisotopic (exact) mass is 239 g/mol. The molecule has 6 heteroatoms. The van der Waals surface area contributed by atoms with E-state index in [1.165, 1.54) is 10.6 Å². The normalized spacial score (nSPS) is 19.1. The van der Waals surface area contributed by atoms with Crippen molar-refractivity contribution in [3.63, 3.8) is 0 Å². The standard InChI is InChI=1S/C11H17N3O3/c1-11(2-4-17-5-3-11)7-14-8(12)6-9(15)13-10(14)16/h6H,2-5,7,12H2,1H3,(H,13,15,16). The minimum Gasteiger partial charge on any atom is -0.385 e. The maximum Gasteiger partial charge on any atom is 0.329 e. The fourth-order valence-corrected chi connectivity index (χ4v) is 2.11. The van der Waals surface area contributed by atoms with E-state index >= 15 is 0 Å². The summed E-state index contributed by atoms with van der Waals surface area (Å²) in [5.74, 6) is 0.214. The van der Waals surface area contributed by atoms with Crippen molar-refractivity contribution in [1.29, 1.82) is 0 Å². The average molecular weight is 239 g/mol. The Hall–Kier alpha value is -1.56. The number of hydrogen-bond donors (Lipinski definition) is 2. The van der Waals surface area contributed by atoms with Crippen molar-refractivity contribution >= 4 is 5.82 Å². The quantitative estimate of drug-likeness (QED) is 0.756. The second kappa shape index (κ2) is 4.37. The largest absolute Gasteiger partial charge is 0.385 e. The second-order valence-electron chi connectivity index (χ2n) is 4.87. The number of ether oxygens (including phenoxy) is 1. The Labute approximate surface area is 98.4 Å². The van der Waals surface area contributed by atoms with Gasteiger partial charge in [-0.1, -0.05) is 6.92 Å². The van der Waals surface area contributed by atoms with Gasteiger partial charge < -0.3 is 10.5 Å². The minimum absolute atomic E-state index is 0.00552. The highest BCUT2D eigenvalue weighted by molar-refractivity contribution is 5.26. The third-order valence-electron chi connectivity index (χ3n) is 3.31. The van der Waals surface area contributed by atoms with Crippen molar-refractivity contribution in [2.24, 2.45) is 5.41 Å². The van der Waals surface area contributed by atoms with Gasteiger partial charge in [0.05, 0.1) is 0 Å². The maximum atomic E-state index is 11.7. The molecule has 1 aliphatic heterocycles. The predicted octanol–water partition coefficient (Wildman–Crippen LogP) is -0.0645. The van der Waals surface area contributed by atoms with Crippen LogP contribution in [0.3, 0.4) is 0 Å². The van der Waals surface area contributed by atoms with E-state index in [0.29, 0.717) is 19.8 Å². The molecule has 1 aliphatic rings. The molecular weight excluding hydrogens is 222 g/mol. The first kappa shape index (κ1) is 11.9. The van der Waals surface area contributed by atoms with Gasteiger partial charge in [-0.2, -0.15) is 0 Å². The number of H-pyrrole nitrogens is 1. The van der Waals surface area contributed by atoms with Crippen LogP contribution in [0.1, 0.15) is 19.8 Å². The smallest absolute Gasteiger partial charge is 0.329 e. The van der Waals surface area contributed by atoms with Crippen molar-refractivity contribution in [2.75, 3.05) is 18.9 Å². The molecule has 0 aliphatic carbocycles. The van der Waals surface area contributed by atoms with Gasteiger partial charge in [-0.15, -0.1) is 0 Å². The Bertz CT molecular complexity index is 511. The molecule has 1 aromatic heterocycles. The van der Waals surface area contributed by atoms with Crippen LogP contribution in [0.2, 0.25) is 0 Å². The second-order valence-corrected chi connectivity index (χ2v) is 4.87. The fraction of sp³-hybridized carbons (Fsp3) is 0.636. The van der Waals surface area contributed by atoms with Gasteiger partial charge in [0.15, 0.2) is 0 Å². The number of nitrogens with zero attached hydrogens (tertiary/aromatic N) is 1. The van der Waals surface area contributed by atoms with Gasteiger partial charge in [-0.3, -0.25) is 14.3 Å². The first-order valence-electron chi connectivity index (χ1n) is 5.68. The van der Waals surface area contributed by atoms with Crippen LogP contribution in [0, 0.1) is 5.41 Å². The van der Waals surface area contributed by atoms with Crippen LogP contribution in [0.5, 0.6) is 0 Å². The zero-order valence-corrected chi connectivity index (χ0v) is 9.86. The zero-order valence-electron chi connectivity index (χ0n) is 9.86. The summed E-state index contributed by atoms with van der Waals surface area (Å²) in [7, 11) is 0. The van der Waals surface area contributed by atoms with Crippen LogP contribution >= 0.6 is 0 Å². The number of nitrogens with two attached hydrogens (primary N) is 1. The first-order chi connectivity index (χ1) is 8.00. The van der Waals surface area contributed by atoms with Crippen LogP contribution in [-0.4, -0.2) is 22.8 Å². The summed E-state index contributed by atoms with van der Waals surface area (Å²) in [6.45, 7) is 4.02. The van der Waals surface area contributed by atoms with Gasteiger partial charge >= 0.3 is 5.69 Å². The minimum atomic E-state index is -0.458. The summed E-state index contributed by atoms with van der Waals surface area (Å²) in [5.41, 5.74) is 4.81. The number of hydrogen-bond acceptors (Lipinski definition) is 4. The van der Waals surface area contributed by atoms with Crippen molar-refractivity contribution < 1.29 is 4.74 Å². The molecule has 6 nitrogen and oxygen atoms in total. The topological polar surface area (TPSA) is 90.1 Å². The molecule has 0 aromatic carbocycles. The molecule has 94 valence electrons. The van der Waals surface area contributed by atoms with E-state index < -0.39 is 11.2 Å². The third-order valence-corrected chi connectivity index (χ3v) is 3.31. The first-order valence-corrected chi connectivity index (χ1v) is 5.68. The van der Waals surface area contributed by atoms with Gasteiger partial charge in [-0.25, -0.2) is 4.79 Å². The van der Waals surface area contributed by atoms with E-state index in [-0.39, 0.29) is 11.2 Å². The zero-order chi connectivity index (χ0) is 12.5. The van der Waals surface area contributed by atoms with Crippen LogP contribution in [-0.2, 0) is 11.3 Å². The molecule has 0 atom stereocenters. The van der Waals surface area contributed by atoms with E-state index in [4.69, 9.17) is 10.5 Å². The van der Waals surface area contributed by atoms with E-state index in [1.54, 1.807) is 0 Å². The molecule has 0 saturated carbocycles. The molecule has 1 aromatic rings. The van der Waals surface area contributed by atoms with Crippen LogP contribution in [0.25, 0.3) is 0 Å². The molecule has 0 radical (unpaired) electrons. The Kier molecular flexibility index (Phi) is 3.06. The third kappa shape index (κ3) is 2.58. The highest BCUT2D eigenvalue weighted by atomic mass is 16.5. The Morgan fingerprint density at radius 2 is 2.12 bits per heavy atom. The highest BCUT2D eigenvalue weighted by Crippen LogP contribution is 2.31. The number of aromatic nitrogens is 2. The summed E-state index contributed by atoms with van der Waals surface area (Å²) in [6.07, 6.45) is 1.77. The molecule has 17 heavy (non-hydrogen) atoms. The predicted molar refractivity (Wildman–Crippen MR) is 63.9 cm³/mol. The van der Waals surface area contributed by atoms with Gasteiger partial charge in [0.2, 0.25) is 0 Å². The molecule has 1 saturated heterocycles. The highest BCUT2D eigenvalue weighted by Gasteiger charge is 2.28. The van der Waals surface area contributed by atoms with Gasteiger partial charge in [0.25, 0.3) is 5.56 Å². The Morgan fingerprint density at radius 3 is 2.71 bits per heavy atom. The molecule has 0 amide bonds. The van der Waals surface area contributed by atoms with Crippen molar-refractivity contribution in [1.82, 2.24) is 9.55 Å². The van der Waals surface area contributed by atoms with Crippen LogP contribution in [0.15, 0.2) is 15.7 Å². The van der Waals surface area contributed by atoms with E-state index in [0.717, 1.165) is 12.8 Å². The molecule has 1 fully saturated rings. The van der Waals surface area contributed by atoms with Gasteiger partial charge in [0, 0.05) is 25.8 Å². The summed E-state index contributed by atoms with van der Waals surface area (Å²) < 4.78 is 6.73. The number of anilines is 1. The molecular formula is C11H17N3O3. The average Bonchev–Trinajstić information content (AvgIpc) is 2.24. The lowest BCUT2D eigenvalue weighted by Gasteiger charge is -2.34. The maximum absolute atomic E-state index is 11.7. The number of aromatic amines is 1. The summed E-state index contributed by atoms with van der Waals surface area (Å²) in [4.78, 5) is 25.0. The fourth-order valence-electron chi connectivity index (χ4n) is 2.11. The van der Waals surface area contributed by atoms with Crippen molar-refractivity contribution in [2.45, 2.75) is 26.3 Å². The van der Waals surface area contributed by atoms with Crippen LogP contribution < -0.4 is 17.0 Å². The summed E-state index contributed by atoms with van der Waals surface area (Å²) >= 11 is 0. The molecule has 0 spiro atoms. The molecule has 0 unspecified atom stereocenters. The summed E-state index contributed by atoms with van der Waals surface area (Å²) in [5, 5.41) is 0. The van der Waals surface area contributed by atoms with Gasteiger partial charge in [0.1, 0.15) is 5.82 Å². The lowest BCUT2D eigenvalue weighted by molar-refractivity contribution is 0.0151. The summed E-state index contributed by atoms with van der Waals surface area (Å²) in [6, 6.07) is 1.24. The lowest BCUT2D eigenvalue weighted by atomic mass is 9.82. The number of rotatable bonds is 2. The molecule has 2 heterocycles. The van der Waals surface area contributed by atoms with Crippen molar-refractivity contribution in [3.8, 4) is 0 Å². The molecule has 3 N–H and O–H groups in total. The Morgan fingerprint density at radius 1 is 1.47 bits per heavy atom. The van der Waals surface area contributed by atoms with E-state index in [1.807, 2.05) is 0 Å². The van der Waals surface area contributed by atoms with E-state index in [2.05, 4.69) is 11.9 Å². The molecule has 0 bridgehead atoms. The van der Waals surface area contributed by atoms with Crippen molar-refractivity contribution in [3.05, 3.63) is 26.9 Å². The van der Waals surface area contributed by atoms with Crippen LogP contribution in [0.4, 0.5) is 5.82 Å². The number of nitrogen functional groups attached to an aromatic ring is 1. The van der Waals surface area contributed by atoms with Gasteiger partial charge in [-0.05, 0) is 18.3 Å².